The van der Waals surface area contributed by atoms with Gasteiger partial charge in [0.15, 0.2) is 0 Å². The Morgan fingerprint density at radius 2 is 1.63 bits per heavy atom. The van der Waals surface area contributed by atoms with Crippen molar-refractivity contribution in [1.29, 1.82) is 0 Å². The highest BCUT2D eigenvalue weighted by Gasteiger charge is 2.58. The van der Waals surface area contributed by atoms with E-state index in [1.54, 1.807) is 0 Å². The molecule has 108 valence electrons. The Hall–Kier alpha value is -0.720. The van der Waals surface area contributed by atoms with Crippen LogP contribution in [-0.2, 0) is 4.74 Å². The summed E-state index contributed by atoms with van der Waals surface area (Å²) in [5.74, 6) is 2.48. The first kappa shape index (κ1) is 14.7. The summed E-state index contributed by atoms with van der Waals surface area (Å²) in [6, 6.07) is 0. The van der Waals surface area contributed by atoms with Gasteiger partial charge in [-0.3, -0.25) is 0 Å². The molecule has 0 aromatic carbocycles. The lowest BCUT2D eigenvalue weighted by Gasteiger charge is -2.59. The molecule has 0 aromatic heterocycles. The minimum Gasteiger partial charge on any atom is -0.490 e. The molecule has 1 aliphatic heterocycles. The van der Waals surface area contributed by atoms with Crippen molar-refractivity contribution >= 4 is 0 Å². The molecule has 1 fully saturated rings. The molecular formula is C18H30O. The van der Waals surface area contributed by atoms with Crippen molar-refractivity contribution < 1.29 is 4.74 Å². The number of fused-ring (bicyclic) bond motifs is 1. The zero-order valence-corrected chi connectivity index (χ0v) is 13.3. The highest BCUT2D eigenvalue weighted by Crippen LogP contribution is 2.60. The Morgan fingerprint density at radius 1 is 1.00 bits per heavy atom. The van der Waals surface area contributed by atoms with Crippen LogP contribution in [0.4, 0.5) is 0 Å². The third kappa shape index (κ3) is 1.80. The summed E-state index contributed by atoms with van der Waals surface area (Å²) in [7, 11) is 0. The maximum Gasteiger partial charge on any atom is 0.114 e. The molecule has 0 spiro atoms. The highest BCUT2D eigenvalue weighted by molar-refractivity contribution is 5.29. The molecular weight excluding hydrogens is 232 g/mol. The molecule has 2 unspecified atom stereocenters. The van der Waals surface area contributed by atoms with Gasteiger partial charge in [-0.05, 0) is 37.7 Å². The highest BCUT2D eigenvalue weighted by atomic mass is 16.5. The van der Waals surface area contributed by atoms with Gasteiger partial charge in [0.1, 0.15) is 11.4 Å². The summed E-state index contributed by atoms with van der Waals surface area (Å²) < 4.78 is 6.62. The minimum atomic E-state index is 0.0333. The van der Waals surface area contributed by atoms with E-state index in [1.807, 2.05) is 0 Å². The average molecular weight is 262 g/mol. The van der Waals surface area contributed by atoms with E-state index in [4.69, 9.17) is 4.74 Å². The molecule has 0 radical (unpaired) electrons. The van der Waals surface area contributed by atoms with E-state index >= 15 is 0 Å². The van der Waals surface area contributed by atoms with Crippen LogP contribution in [0.3, 0.4) is 0 Å². The van der Waals surface area contributed by atoms with E-state index in [9.17, 15) is 0 Å². The van der Waals surface area contributed by atoms with Crippen molar-refractivity contribution in [2.75, 3.05) is 0 Å². The summed E-state index contributed by atoms with van der Waals surface area (Å²) >= 11 is 0. The molecule has 0 saturated carbocycles. The van der Waals surface area contributed by atoms with Crippen LogP contribution in [-0.4, -0.2) is 5.60 Å². The standard InChI is InChI=1S/C18H30O/c1-6-15-14-12-11-13-16(14)19-18(9-4,10-5)17(15,7-2)8-3/h11-15H,6-10H2,1-5H3. The van der Waals surface area contributed by atoms with Gasteiger partial charge < -0.3 is 4.74 Å². The third-order valence-electron chi connectivity index (χ3n) is 6.12. The van der Waals surface area contributed by atoms with E-state index in [-0.39, 0.29) is 5.60 Å². The second-order valence-corrected chi connectivity index (χ2v) is 6.16. The van der Waals surface area contributed by atoms with Crippen molar-refractivity contribution in [3.8, 4) is 0 Å². The Bertz CT molecular complexity index is 369. The molecule has 1 heteroatoms. The monoisotopic (exact) mass is 262 g/mol. The SMILES string of the molecule is CCC1C2C=CC=C2OC(CC)(CC)C1(CC)CC. The molecule has 0 aromatic rings. The second kappa shape index (κ2) is 5.34. The van der Waals surface area contributed by atoms with Crippen molar-refractivity contribution in [1.82, 2.24) is 0 Å². The second-order valence-electron chi connectivity index (χ2n) is 6.16. The van der Waals surface area contributed by atoms with Crippen molar-refractivity contribution in [2.24, 2.45) is 17.3 Å². The van der Waals surface area contributed by atoms with Crippen LogP contribution in [0, 0.1) is 17.3 Å². The maximum absolute atomic E-state index is 6.62. The lowest BCUT2D eigenvalue weighted by Crippen LogP contribution is -2.58. The van der Waals surface area contributed by atoms with Gasteiger partial charge in [-0.1, -0.05) is 53.2 Å². The number of hydrogen-bond donors (Lipinski definition) is 0. The molecule has 2 aliphatic rings. The van der Waals surface area contributed by atoms with Crippen LogP contribution < -0.4 is 0 Å². The molecule has 1 nitrogen and oxygen atoms in total. The van der Waals surface area contributed by atoms with E-state index < -0.39 is 0 Å². The molecule has 19 heavy (non-hydrogen) atoms. The van der Waals surface area contributed by atoms with E-state index in [0.717, 1.165) is 18.8 Å². The van der Waals surface area contributed by atoms with Crippen molar-refractivity contribution in [3.63, 3.8) is 0 Å². The molecule has 2 rings (SSSR count). The number of rotatable bonds is 5. The van der Waals surface area contributed by atoms with Crippen LogP contribution in [0.1, 0.15) is 66.7 Å². The summed E-state index contributed by atoms with van der Waals surface area (Å²) in [5, 5.41) is 0. The van der Waals surface area contributed by atoms with Crippen molar-refractivity contribution in [2.45, 2.75) is 72.3 Å². The van der Waals surface area contributed by atoms with Gasteiger partial charge >= 0.3 is 0 Å². The van der Waals surface area contributed by atoms with Gasteiger partial charge in [0.2, 0.25) is 0 Å². The first-order valence-corrected chi connectivity index (χ1v) is 8.22. The van der Waals surface area contributed by atoms with Crippen molar-refractivity contribution in [3.05, 3.63) is 24.0 Å². The van der Waals surface area contributed by atoms with Crippen LogP contribution in [0.25, 0.3) is 0 Å². The zero-order valence-electron chi connectivity index (χ0n) is 13.3. The van der Waals surface area contributed by atoms with E-state index in [0.29, 0.717) is 11.3 Å². The van der Waals surface area contributed by atoms with Crippen LogP contribution in [0.5, 0.6) is 0 Å². The largest absolute Gasteiger partial charge is 0.490 e. The first-order valence-electron chi connectivity index (χ1n) is 8.22. The molecule has 0 amide bonds. The number of allylic oxidation sites excluding steroid dienone is 3. The van der Waals surface area contributed by atoms with Gasteiger partial charge in [0.25, 0.3) is 0 Å². The molecule has 0 bridgehead atoms. The van der Waals surface area contributed by atoms with Gasteiger partial charge in [0, 0.05) is 11.3 Å². The number of hydrogen-bond acceptors (Lipinski definition) is 1. The fourth-order valence-electron chi connectivity index (χ4n) is 5.08. The topological polar surface area (TPSA) is 9.23 Å². The average Bonchev–Trinajstić information content (AvgIpc) is 2.91. The Labute approximate surface area is 119 Å². The molecule has 1 heterocycles. The first-order chi connectivity index (χ1) is 9.14. The minimum absolute atomic E-state index is 0.0333. The zero-order chi connectivity index (χ0) is 14.1. The summed E-state index contributed by atoms with van der Waals surface area (Å²) in [6.45, 7) is 11.7. The Morgan fingerprint density at radius 3 is 2.11 bits per heavy atom. The molecule has 2 atom stereocenters. The molecule has 0 N–H and O–H groups in total. The summed E-state index contributed by atoms with van der Waals surface area (Å²) in [4.78, 5) is 0. The van der Waals surface area contributed by atoms with Crippen LogP contribution in [0.15, 0.2) is 24.0 Å². The Kier molecular flexibility index (Phi) is 4.13. The van der Waals surface area contributed by atoms with Gasteiger partial charge in [0.05, 0.1) is 0 Å². The fraction of sp³-hybridized carbons (Fsp3) is 0.778. The predicted molar refractivity (Wildman–Crippen MR) is 81.9 cm³/mol. The lowest BCUT2D eigenvalue weighted by molar-refractivity contribution is -0.189. The molecule has 1 saturated heterocycles. The molecule has 1 aliphatic carbocycles. The third-order valence-corrected chi connectivity index (χ3v) is 6.12. The maximum atomic E-state index is 6.62. The van der Waals surface area contributed by atoms with Gasteiger partial charge in [-0.15, -0.1) is 0 Å². The summed E-state index contributed by atoms with van der Waals surface area (Å²) in [5.41, 5.74) is 0.355. The van der Waals surface area contributed by atoms with Gasteiger partial charge in [-0.25, -0.2) is 0 Å². The van der Waals surface area contributed by atoms with E-state index in [1.165, 1.54) is 25.0 Å². The Balaban J connectivity index is 2.54. The quantitative estimate of drug-likeness (QED) is 0.637. The fourth-order valence-corrected chi connectivity index (χ4v) is 5.08. The van der Waals surface area contributed by atoms with E-state index in [2.05, 4.69) is 52.8 Å². The van der Waals surface area contributed by atoms with Crippen LogP contribution in [0.2, 0.25) is 0 Å². The normalized spacial score (nSPS) is 30.7. The lowest BCUT2D eigenvalue weighted by atomic mass is 9.53. The van der Waals surface area contributed by atoms with Crippen LogP contribution >= 0.6 is 0 Å². The number of ether oxygens (including phenoxy) is 1. The predicted octanol–water partition coefficient (Wildman–Crippen LogP) is 5.48. The summed E-state index contributed by atoms with van der Waals surface area (Å²) in [6.07, 6.45) is 12.7. The van der Waals surface area contributed by atoms with Gasteiger partial charge in [-0.2, -0.15) is 0 Å². The smallest absolute Gasteiger partial charge is 0.114 e.